The summed E-state index contributed by atoms with van der Waals surface area (Å²) in [6, 6.07) is 11.8. The molecule has 0 unspecified atom stereocenters. The fraction of sp³-hybridized carbons (Fsp3) is 0.542. The summed E-state index contributed by atoms with van der Waals surface area (Å²) in [5.41, 5.74) is 1.20. The molecule has 1 aromatic heterocycles. The van der Waals surface area contributed by atoms with Crippen LogP contribution in [0.15, 0.2) is 41.8 Å². The molecule has 1 aromatic carbocycles. The van der Waals surface area contributed by atoms with Crippen LogP contribution in [0.5, 0.6) is 5.75 Å². The first-order chi connectivity index (χ1) is 15.1. The van der Waals surface area contributed by atoms with Crippen molar-refractivity contribution in [2.24, 2.45) is 5.92 Å². The van der Waals surface area contributed by atoms with Crippen molar-refractivity contribution in [2.45, 2.75) is 31.4 Å². The van der Waals surface area contributed by atoms with E-state index in [2.05, 4.69) is 16.3 Å². The molecule has 1 amide bonds. The molecule has 2 aliphatic rings. The second kappa shape index (κ2) is 10.6. The van der Waals surface area contributed by atoms with Crippen LogP contribution in [0.2, 0.25) is 0 Å². The Balaban J connectivity index is 1.44. The third-order valence-electron chi connectivity index (χ3n) is 5.97. The van der Waals surface area contributed by atoms with Crippen molar-refractivity contribution in [1.29, 1.82) is 0 Å². The second-order valence-electron chi connectivity index (χ2n) is 8.52. The molecular weight excluding hydrogens is 412 g/mol. The number of carbonyl (C=O) groups is 1. The van der Waals surface area contributed by atoms with Crippen LogP contribution < -0.4 is 4.74 Å². The van der Waals surface area contributed by atoms with Crippen molar-refractivity contribution in [1.82, 2.24) is 9.80 Å². The number of ether oxygens (including phenoxy) is 2. The van der Waals surface area contributed by atoms with E-state index in [4.69, 9.17) is 9.47 Å². The summed E-state index contributed by atoms with van der Waals surface area (Å²) < 4.78 is 11.1. The highest BCUT2D eigenvalue weighted by Crippen LogP contribution is 2.34. The van der Waals surface area contributed by atoms with Crippen molar-refractivity contribution >= 4 is 17.2 Å². The lowest BCUT2D eigenvalue weighted by atomic mass is 10.0. The summed E-state index contributed by atoms with van der Waals surface area (Å²) in [4.78, 5) is 18.8. The van der Waals surface area contributed by atoms with E-state index in [0.717, 1.165) is 18.7 Å². The average Bonchev–Trinajstić information content (AvgIpc) is 3.44. The Labute approximate surface area is 188 Å². The Bertz CT molecular complexity index is 839. The molecule has 2 atom stereocenters. The zero-order chi connectivity index (χ0) is 21.6. The number of methoxy groups -OCH3 is 1. The number of aliphatic hydroxyl groups excluding tert-OH is 1. The van der Waals surface area contributed by atoms with Gasteiger partial charge in [-0.3, -0.25) is 9.69 Å². The van der Waals surface area contributed by atoms with Gasteiger partial charge in [0, 0.05) is 31.6 Å². The van der Waals surface area contributed by atoms with Crippen molar-refractivity contribution in [3.05, 3.63) is 52.2 Å². The number of hydrogen-bond acceptors (Lipinski definition) is 6. The van der Waals surface area contributed by atoms with E-state index in [1.807, 2.05) is 35.2 Å². The van der Waals surface area contributed by atoms with Crippen LogP contribution in [0.4, 0.5) is 0 Å². The smallest absolute Gasteiger partial charge is 0.237 e. The monoisotopic (exact) mass is 444 g/mol. The van der Waals surface area contributed by atoms with Gasteiger partial charge in [0.15, 0.2) is 0 Å². The van der Waals surface area contributed by atoms with Crippen LogP contribution in [0, 0.1) is 5.92 Å². The molecule has 0 saturated heterocycles. The van der Waals surface area contributed by atoms with Gasteiger partial charge in [0.1, 0.15) is 12.4 Å². The number of amides is 1. The number of benzene rings is 1. The first-order valence-electron chi connectivity index (χ1n) is 11.1. The van der Waals surface area contributed by atoms with Gasteiger partial charge in [0.2, 0.25) is 5.91 Å². The quantitative estimate of drug-likeness (QED) is 0.577. The molecule has 0 radical (unpaired) electrons. The maximum atomic E-state index is 13.4. The molecule has 1 aliphatic carbocycles. The van der Waals surface area contributed by atoms with Gasteiger partial charge >= 0.3 is 0 Å². The molecule has 168 valence electrons. The van der Waals surface area contributed by atoms with E-state index in [1.165, 1.54) is 23.3 Å². The molecule has 4 rings (SSSR count). The second-order valence-corrected chi connectivity index (χ2v) is 9.52. The number of hydrogen-bond donors (Lipinski definition) is 1. The molecular formula is C24H32N2O4S. The summed E-state index contributed by atoms with van der Waals surface area (Å²) in [5.74, 6) is 1.56. The van der Waals surface area contributed by atoms with Gasteiger partial charge in [0.25, 0.3) is 0 Å². The van der Waals surface area contributed by atoms with Gasteiger partial charge in [-0.25, -0.2) is 0 Å². The van der Waals surface area contributed by atoms with Gasteiger partial charge in [-0.05, 0) is 54.3 Å². The van der Waals surface area contributed by atoms with Crippen molar-refractivity contribution in [2.75, 3.05) is 46.5 Å². The first-order valence-corrected chi connectivity index (χ1v) is 11.9. The normalized spacial score (nSPS) is 19.3. The molecule has 7 heteroatoms. The van der Waals surface area contributed by atoms with E-state index < -0.39 is 6.10 Å². The summed E-state index contributed by atoms with van der Waals surface area (Å²) in [7, 11) is 1.59. The van der Waals surface area contributed by atoms with Crippen molar-refractivity contribution < 1.29 is 19.4 Å². The molecule has 6 nitrogen and oxygen atoms in total. The number of carbonyl (C=O) groups excluding carboxylic acids is 1. The SMILES string of the molecule is COC[C@H](O)CN(CC(=O)N1CCc2sccc2[C@H]1COc1ccccc1)CC1CC1. The minimum atomic E-state index is -0.585. The number of thiophene rings is 1. The number of nitrogens with zero attached hydrogens (tertiary/aromatic N) is 2. The molecule has 1 N–H and O–H groups in total. The molecule has 1 fully saturated rings. The Kier molecular flexibility index (Phi) is 7.61. The summed E-state index contributed by atoms with van der Waals surface area (Å²) in [5, 5.41) is 12.3. The Hall–Kier alpha value is -1.93. The van der Waals surface area contributed by atoms with Crippen LogP contribution in [0.1, 0.15) is 29.3 Å². The van der Waals surface area contributed by atoms with Gasteiger partial charge < -0.3 is 19.5 Å². The molecule has 31 heavy (non-hydrogen) atoms. The van der Waals surface area contributed by atoms with Gasteiger partial charge in [-0.2, -0.15) is 0 Å². The number of rotatable bonds is 11. The van der Waals surface area contributed by atoms with Gasteiger partial charge in [0.05, 0.1) is 25.3 Å². The highest BCUT2D eigenvalue weighted by molar-refractivity contribution is 7.10. The third kappa shape index (κ3) is 6.07. The lowest BCUT2D eigenvalue weighted by molar-refractivity contribution is -0.136. The van der Waals surface area contributed by atoms with Crippen LogP contribution >= 0.6 is 11.3 Å². The van der Waals surface area contributed by atoms with E-state index in [0.29, 0.717) is 32.2 Å². The largest absolute Gasteiger partial charge is 0.491 e. The molecule has 1 saturated carbocycles. The van der Waals surface area contributed by atoms with E-state index in [9.17, 15) is 9.90 Å². The van der Waals surface area contributed by atoms with Crippen LogP contribution in [-0.2, 0) is 16.0 Å². The minimum absolute atomic E-state index is 0.0885. The zero-order valence-electron chi connectivity index (χ0n) is 18.1. The fourth-order valence-corrected chi connectivity index (χ4v) is 5.19. The molecule has 0 spiro atoms. The van der Waals surface area contributed by atoms with Gasteiger partial charge in [-0.15, -0.1) is 11.3 Å². The van der Waals surface area contributed by atoms with Crippen LogP contribution in [-0.4, -0.2) is 73.4 Å². The van der Waals surface area contributed by atoms with Crippen LogP contribution in [0.3, 0.4) is 0 Å². The van der Waals surface area contributed by atoms with E-state index in [-0.39, 0.29) is 18.6 Å². The molecule has 2 aromatic rings. The van der Waals surface area contributed by atoms with Crippen LogP contribution in [0.25, 0.3) is 0 Å². The highest BCUT2D eigenvalue weighted by Gasteiger charge is 2.34. The number of para-hydroxylation sites is 1. The first kappa shape index (κ1) is 22.3. The van der Waals surface area contributed by atoms with E-state index in [1.54, 1.807) is 18.4 Å². The topological polar surface area (TPSA) is 62.2 Å². The maximum absolute atomic E-state index is 13.4. The Morgan fingerprint density at radius 3 is 2.84 bits per heavy atom. The predicted molar refractivity (Wildman–Crippen MR) is 121 cm³/mol. The average molecular weight is 445 g/mol. The minimum Gasteiger partial charge on any atom is -0.491 e. The summed E-state index contributed by atoms with van der Waals surface area (Å²) in [6.45, 7) is 3.05. The summed E-state index contributed by atoms with van der Waals surface area (Å²) in [6.07, 6.45) is 2.72. The molecule has 0 bridgehead atoms. The molecule has 2 heterocycles. The lowest BCUT2D eigenvalue weighted by Crippen LogP contribution is -2.48. The standard InChI is InChI=1S/C24H32N2O4S/c1-29-16-19(27)14-25(13-18-7-8-18)15-24(28)26-11-9-23-21(10-12-31-23)22(26)17-30-20-5-3-2-4-6-20/h2-6,10,12,18-19,22,27H,7-9,11,13-17H2,1H3/t19-,22-/m1/s1. The summed E-state index contributed by atoms with van der Waals surface area (Å²) >= 11 is 1.76. The lowest BCUT2D eigenvalue weighted by Gasteiger charge is -2.37. The maximum Gasteiger partial charge on any atom is 0.237 e. The third-order valence-corrected chi connectivity index (χ3v) is 6.96. The fourth-order valence-electron chi connectivity index (χ4n) is 4.26. The highest BCUT2D eigenvalue weighted by atomic mass is 32.1. The van der Waals surface area contributed by atoms with E-state index >= 15 is 0 Å². The molecule has 1 aliphatic heterocycles. The predicted octanol–water partition coefficient (Wildman–Crippen LogP) is 2.97. The number of aliphatic hydroxyl groups is 1. The number of fused-ring (bicyclic) bond motifs is 1. The van der Waals surface area contributed by atoms with Crippen molar-refractivity contribution in [3.8, 4) is 5.75 Å². The Morgan fingerprint density at radius 2 is 2.10 bits per heavy atom. The Morgan fingerprint density at radius 1 is 1.29 bits per heavy atom. The van der Waals surface area contributed by atoms with Crippen molar-refractivity contribution in [3.63, 3.8) is 0 Å². The van der Waals surface area contributed by atoms with Gasteiger partial charge in [-0.1, -0.05) is 18.2 Å². The zero-order valence-corrected chi connectivity index (χ0v) is 18.9.